The predicted molar refractivity (Wildman–Crippen MR) is 98.4 cm³/mol. The summed E-state index contributed by atoms with van der Waals surface area (Å²) in [6, 6.07) is 14.7. The molecule has 3 N–H and O–H groups in total. The number of rotatable bonds is 3. The molecule has 0 radical (unpaired) electrons. The molecule has 0 bridgehead atoms. The van der Waals surface area contributed by atoms with E-state index < -0.39 is 18.8 Å². The predicted octanol–water partition coefficient (Wildman–Crippen LogP) is 2.42. The van der Waals surface area contributed by atoms with E-state index in [0.29, 0.717) is 11.3 Å². The lowest BCUT2D eigenvalue weighted by Crippen LogP contribution is -2.12. The lowest BCUT2D eigenvalue weighted by atomic mass is 10.0. The summed E-state index contributed by atoms with van der Waals surface area (Å²) < 4.78 is 5.06. The Morgan fingerprint density at radius 3 is 2.92 bits per heavy atom. The van der Waals surface area contributed by atoms with E-state index in [1.165, 1.54) is 0 Å². The molecule has 6 heteroatoms. The molecule has 1 atom stereocenters. The lowest BCUT2D eigenvalue weighted by Gasteiger charge is -2.08. The maximum atomic E-state index is 11.3. The summed E-state index contributed by atoms with van der Waals surface area (Å²) in [7, 11) is 0. The topological polar surface area (TPSA) is 91.7 Å². The molecule has 0 amide bonds. The van der Waals surface area contributed by atoms with Crippen LogP contribution in [0.4, 0.5) is 5.69 Å². The van der Waals surface area contributed by atoms with E-state index in [1.807, 2.05) is 36.4 Å². The zero-order valence-electron chi connectivity index (χ0n) is 13.7. The number of fused-ring (bicyclic) bond motifs is 2. The van der Waals surface area contributed by atoms with Crippen LogP contribution < -0.4 is 10.1 Å². The van der Waals surface area contributed by atoms with Crippen LogP contribution in [0.3, 0.4) is 0 Å². The van der Waals surface area contributed by atoms with E-state index >= 15 is 0 Å². The van der Waals surface area contributed by atoms with Crippen LogP contribution in [0.2, 0.25) is 0 Å². The van der Waals surface area contributed by atoms with Crippen LogP contribution in [-0.2, 0) is 4.79 Å². The van der Waals surface area contributed by atoms with Crippen molar-refractivity contribution in [3.63, 3.8) is 0 Å². The molecule has 130 valence electrons. The highest BCUT2D eigenvalue weighted by atomic mass is 16.5. The van der Waals surface area contributed by atoms with Crippen molar-refractivity contribution in [3.05, 3.63) is 65.9 Å². The molecule has 0 aliphatic carbocycles. The van der Waals surface area contributed by atoms with Crippen molar-refractivity contribution in [1.82, 2.24) is 4.98 Å². The maximum absolute atomic E-state index is 11.3. The molecule has 0 spiro atoms. The van der Waals surface area contributed by atoms with Crippen molar-refractivity contribution in [2.45, 2.75) is 6.23 Å². The molecule has 2 heterocycles. The molecule has 0 saturated carbocycles. The van der Waals surface area contributed by atoms with Gasteiger partial charge in [-0.3, -0.25) is 4.98 Å². The number of esters is 1. The minimum atomic E-state index is -0.874. The van der Waals surface area contributed by atoms with E-state index in [4.69, 9.17) is 9.84 Å². The average Bonchev–Trinajstić information content (AvgIpc) is 2.97. The van der Waals surface area contributed by atoms with Crippen molar-refractivity contribution < 1.29 is 19.7 Å². The lowest BCUT2D eigenvalue weighted by molar-refractivity contribution is -0.137. The first-order valence-corrected chi connectivity index (χ1v) is 8.11. The highest BCUT2D eigenvalue weighted by molar-refractivity contribution is 5.99. The summed E-state index contributed by atoms with van der Waals surface area (Å²) in [5, 5.41) is 23.2. The average molecular weight is 348 g/mol. The molecule has 1 aliphatic rings. The third-order valence-corrected chi connectivity index (χ3v) is 4.24. The summed E-state index contributed by atoms with van der Waals surface area (Å²) >= 11 is 0. The highest BCUT2D eigenvalue weighted by Crippen LogP contribution is 2.38. The minimum Gasteiger partial charge on any atom is -0.425 e. The van der Waals surface area contributed by atoms with Gasteiger partial charge in [0.15, 0.2) is 6.23 Å². The quantitative estimate of drug-likeness (QED) is 0.497. The normalized spacial score (nSPS) is 17.2. The molecule has 26 heavy (non-hydrogen) atoms. The van der Waals surface area contributed by atoms with Crippen LogP contribution in [0.5, 0.6) is 5.75 Å². The van der Waals surface area contributed by atoms with Crippen LogP contribution in [-0.4, -0.2) is 34.0 Å². The van der Waals surface area contributed by atoms with E-state index in [-0.39, 0.29) is 0 Å². The number of carbonyl (C=O) groups excluding carboxylic acids is 1. The fourth-order valence-corrected chi connectivity index (χ4v) is 3.06. The molecule has 1 aromatic heterocycles. The standard InChI is InChI=1S/C20H16N2O4/c23-11-19(24)26-13-5-6-18-15(10-13)16(20(25)22-18)9-12-7-8-21-17-4-2-1-3-14(12)17/h1-10,20,22-23,25H,11H2. The number of hydrogen-bond donors (Lipinski definition) is 3. The van der Waals surface area contributed by atoms with Gasteiger partial charge >= 0.3 is 5.97 Å². The Labute approximate surface area is 149 Å². The smallest absolute Gasteiger partial charge is 0.337 e. The number of nitrogens with zero attached hydrogens (tertiary/aromatic N) is 1. The fourth-order valence-electron chi connectivity index (χ4n) is 3.06. The fraction of sp³-hybridized carbons (Fsp3) is 0.100. The Morgan fingerprint density at radius 2 is 2.08 bits per heavy atom. The van der Waals surface area contributed by atoms with Gasteiger partial charge in [-0.05, 0) is 42.0 Å². The number of aliphatic hydroxyl groups excluding tert-OH is 2. The number of anilines is 1. The molecular formula is C20H16N2O4. The van der Waals surface area contributed by atoms with Gasteiger partial charge < -0.3 is 20.3 Å². The highest BCUT2D eigenvalue weighted by Gasteiger charge is 2.25. The molecule has 6 nitrogen and oxygen atoms in total. The van der Waals surface area contributed by atoms with Crippen LogP contribution in [0, 0.1) is 0 Å². The van der Waals surface area contributed by atoms with Gasteiger partial charge in [0, 0.05) is 28.4 Å². The summed E-state index contributed by atoms with van der Waals surface area (Å²) in [5.74, 6) is -0.425. The number of nitrogens with one attached hydrogen (secondary N) is 1. The second kappa shape index (κ2) is 6.59. The summed E-state index contributed by atoms with van der Waals surface area (Å²) in [5.41, 5.74) is 3.94. The van der Waals surface area contributed by atoms with Crippen LogP contribution in [0.15, 0.2) is 54.7 Å². The molecular weight excluding hydrogens is 332 g/mol. The number of carbonyl (C=O) groups is 1. The number of para-hydroxylation sites is 1. The number of hydrogen-bond acceptors (Lipinski definition) is 6. The molecule has 3 aromatic rings. The summed E-state index contributed by atoms with van der Waals surface area (Å²) in [4.78, 5) is 15.7. The molecule has 4 rings (SSSR count). The monoisotopic (exact) mass is 348 g/mol. The van der Waals surface area contributed by atoms with Crippen molar-refractivity contribution in [2.75, 3.05) is 11.9 Å². The van der Waals surface area contributed by atoms with E-state index in [2.05, 4.69) is 10.3 Å². The summed E-state index contributed by atoms with van der Waals surface area (Å²) in [6.45, 7) is -0.691. The SMILES string of the molecule is O=C(CO)Oc1ccc2c(c1)C(=Cc1ccnc3ccccc13)C(O)N2. The second-order valence-corrected chi connectivity index (χ2v) is 5.90. The third-order valence-electron chi connectivity index (χ3n) is 4.24. The van der Waals surface area contributed by atoms with E-state index in [9.17, 15) is 9.90 Å². The first-order valence-electron chi connectivity index (χ1n) is 8.11. The number of pyridine rings is 1. The molecule has 2 aromatic carbocycles. The van der Waals surface area contributed by atoms with Crippen molar-refractivity contribution in [2.24, 2.45) is 0 Å². The molecule has 1 unspecified atom stereocenters. The van der Waals surface area contributed by atoms with Gasteiger partial charge in [0.1, 0.15) is 12.4 Å². The molecule has 1 aliphatic heterocycles. The van der Waals surface area contributed by atoms with Gasteiger partial charge in [0.05, 0.1) is 5.52 Å². The second-order valence-electron chi connectivity index (χ2n) is 5.90. The number of aromatic nitrogens is 1. The Bertz CT molecular complexity index is 1020. The van der Waals surface area contributed by atoms with Crippen LogP contribution in [0.1, 0.15) is 11.1 Å². The van der Waals surface area contributed by atoms with Crippen molar-refractivity contribution in [1.29, 1.82) is 0 Å². The Morgan fingerprint density at radius 1 is 1.23 bits per heavy atom. The first kappa shape index (κ1) is 16.3. The van der Waals surface area contributed by atoms with Gasteiger partial charge in [0.25, 0.3) is 0 Å². The number of benzene rings is 2. The molecule has 0 fully saturated rings. The number of aliphatic hydroxyl groups is 2. The van der Waals surface area contributed by atoms with Crippen molar-refractivity contribution in [3.8, 4) is 5.75 Å². The zero-order chi connectivity index (χ0) is 18.1. The van der Waals surface area contributed by atoms with E-state index in [1.54, 1.807) is 24.4 Å². The largest absolute Gasteiger partial charge is 0.425 e. The first-order chi connectivity index (χ1) is 12.7. The Hall–Kier alpha value is -3.22. The Kier molecular flexibility index (Phi) is 4.12. The minimum absolute atomic E-state index is 0.309. The van der Waals surface area contributed by atoms with Gasteiger partial charge in [-0.15, -0.1) is 0 Å². The molecule has 0 saturated heterocycles. The Balaban J connectivity index is 1.79. The van der Waals surface area contributed by atoms with Gasteiger partial charge in [-0.25, -0.2) is 4.79 Å². The van der Waals surface area contributed by atoms with Crippen LogP contribution >= 0.6 is 0 Å². The summed E-state index contributed by atoms with van der Waals surface area (Å²) in [6.07, 6.45) is 2.75. The maximum Gasteiger partial charge on any atom is 0.337 e. The van der Waals surface area contributed by atoms with E-state index in [0.717, 1.165) is 27.7 Å². The zero-order valence-corrected chi connectivity index (χ0v) is 13.7. The van der Waals surface area contributed by atoms with Gasteiger partial charge in [-0.1, -0.05) is 18.2 Å². The van der Waals surface area contributed by atoms with Crippen LogP contribution in [0.25, 0.3) is 22.6 Å². The van der Waals surface area contributed by atoms with Gasteiger partial charge in [0.2, 0.25) is 0 Å². The van der Waals surface area contributed by atoms with Gasteiger partial charge in [-0.2, -0.15) is 0 Å². The third kappa shape index (κ3) is 2.92. The number of ether oxygens (including phenoxy) is 1. The van der Waals surface area contributed by atoms with Crippen molar-refractivity contribution >= 4 is 34.2 Å².